The number of hydrogen-bond acceptors (Lipinski definition) is 1. The SMILES string of the molecule is O=[PH+]O.[Sm]. The molecule has 2 nitrogen and oxygen atoms in total. The van der Waals surface area contributed by atoms with Crippen LogP contribution in [0.4, 0.5) is 0 Å². The Balaban J connectivity index is 0. The molecule has 1 N–H and O–H groups in total. The fraction of sp³-hybridized carbons (Fsp3) is 0. The van der Waals surface area contributed by atoms with Crippen molar-refractivity contribution in [3.05, 3.63) is 0 Å². The van der Waals surface area contributed by atoms with Crippen LogP contribution in [-0.2, 0) is 4.57 Å². The molecule has 0 spiro atoms. The molecule has 0 rings (SSSR count). The van der Waals surface area contributed by atoms with Crippen molar-refractivity contribution in [1.82, 2.24) is 0 Å². The van der Waals surface area contributed by atoms with E-state index in [1.54, 1.807) is 0 Å². The minimum atomic E-state index is -1.17. The van der Waals surface area contributed by atoms with Crippen molar-refractivity contribution in [2.75, 3.05) is 0 Å². The van der Waals surface area contributed by atoms with Crippen LogP contribution in [0.3, 0.4) is 0 Å². The van der Waals surface area contributed by atoms with E-state index in [2.05, 4.69) is 0 Å². The fourth-order valence-corrected chi connectivity index (χ4v) is 0. The van der Waals surface area contributed by atoms with Gasteiger partial charge in [-0.15, -0.1) is 0 Å². The van der Waals surface area contributed by atoms with Crippen LogP contribution in [-0.4, -0.2) is 4.89 Å². The molecule has 0 radical (unpaired) electrons. The molecular formula is H2O2PSm+. The summed E-state index contributed by atoms with van der Waals surface area (Å²) in [6, 6.07) is 0. The van der Waals surface area contributed by atoms with Gasteiger partial charge in [0.05, 0.1) is 0 Å². The maximum Gasteiger partial charge on any atom is 0.491 e. The Labute approximate surface area is 58.0 Å². The monoisotopic (exact) mass is 217 g/mol. The van der Waals surface area contributed by atoms with Gasteiger partial charge in [0.25, 0.3) is 0 Å². The van der Waals surface area contributed by atoms with E-state index in [4.69, 9.17) is 9.46 Å². The van der Waals surface area contributed by atoms with Gasteiger partial charge in [-0.3, -0.25) is 0 Å². The number of hydrogen-bond donors (Lipinski definition) is 1. The average Bonchev–Trinajstić information content (AvgIpc) is 0.918. The van der Waals surface area contributed by atoms with Gasteiger partial charge in [0, 0.05) is 40.4 Å². The van der Waals surface area contributed by atoms with Crippen LogP contribution < -0.4 is 0 Å². The summed E-state index contributed by atoms with van der Waals surface area (Å²) in [5, 5.41) is 0. The van der Waals surface area contributed by atoms with Gasteiger partial charge < -0.3 is 0 Å². The van der Waals surface area contributed by atoms with E-state index in [1.165, 1.54) is 0 Å². The van der Waals surface area contributed by atoms with E-state index >= 15 is 0 Å². The van der Waals surface area contributed by atoms with Crippen molar-refractivity contribution in [2.24, 2.45) is 0 Å². The van der Waals surface area contributed by atoms with Crippen LogP contribution in [0, 0.1) is 40.4 Å². The summed E-state index contributed by atoms with van der Waals surface area (Å²) in [4.78, 5) is 7.04. The molecule has 0 aliphatic carbocycles. The van der Waals surface area contributed by atoms with E-state index in [9.17, 15) is 0 Å². The summed E-state index contributed by atoms with van der Waals surface area (Å²) >= 11 is 0. The van der Waals surface area contributed by atoms with E-state index in [0.29, 0.717) is 0 Å². The molecule has 0 amide bonds. The minimum absolute atomic E-state index is 0. The van der Waals surface area contributed by atoms with Gasteiger partial charge >= 0.3 is 8.69 Å². The molecule has 1 unspecified atom stereocenters. The predicted molar refractivity (Wildman–Crippen MR) is 11.2 cm³/mol. The third kappa shape index (κ3) is 10.00. The molecule has 0 saturated carbocycles. The second-order valence-electron chi connectivity index (χ2n) is 0.0913. The van der Waals surface area contributed by atoms with Crippen LogP contribution in [0.15, 0.2) is 0 Å². The van der Waals surface area contributed by atoms with Crippen LogP contribution in [0.1, 0.15) is 0 Å². The number of rotatable bonds is 0. The van der Waals surface area contributed by atoms with Crippen molar-refractivity contribution in [1.29, 1.82) is 0 Å². The summed E-state index contributed by atoms with van der Waals surface area (Å²) in [6.45, 7) is 0. The van der Waals surface area contributed by atoms with E-state index in [-0.39, 0.29) is 40.4 Å². The molecule has 0 aromatic carbocycles. The molecule has 0 saturated heterocycles. The maximum atomic E-state index is 8.51. The molecule has 1 atom stereocenters. The van der Waals surface area contributed by atoms with Crippen molar-refractivity contribution < 1.29 is 49.8 Å². The van der Waals surface area contributed by atoms with Crippen LogP contribution >= 0.6 is 8.69 Å². The van der Waals surface area contributed by atoms with Crippen molar-refractivity contribution in [3.8, 4) is 0 Å². The van der Waals surface area contributed by atoms with Gasteiger partial charge in [-0.05, 0) is 4.57 Å². The van der Waals surface area contributed by atoms with Crippen molar-refractivity contribution in [3.63, 3.8) is 0 Å². The average molecular weight is 215 g/mol. The summed E-state index contributed by atoms with van der Waals surface area (Å²) in [7, 11) is -1.17. The van der Waals surface area contributed by atoms with E-state index in [0.717, 1.165) is 0 Å². The molecule has 0 aliphatic rings. The first-order valence-corrected chi connectivity index (χ1v) is 1.28. The fourth-order valence-electron chi connectivity index (χ4n) is 0. The normalized spacial score (nSPS) is 5.25. The van der Waals surface area contributed by atoms with Gasteiger partial charge in [0.1, 0.15) is 0 Å². The summed E-state index contributed by atoms with van der Waals surface area (Å²) in [5.74, 6) is 0. The molecule has 0 aromatic heterocycles. The topological polar surface area (TPSA) is 37.3 Å². The van der Waals surface area contributed by atoms with Crippen LogP contribution in [0.5, 0.6) is 0 Å². The van der Waals surface area contributed by atoms with Crippen molar-refractivity contribution in [2.45, 2.75) is 0 Å². The summed E-state index contributed by atoms with van der Waals surface area (Å²) in [5.41, 5.74) is 0. The Hall–Kier alpha value is 1.40. The molecule has 0 aromatic rings. The molecule has 0 fully saturated rings. The summed E-state index contributed by atoms with van der Waals surface area (Å²) in [6.07, 6.45) is 0. The first kappa shape index (κ1) is 9.04. The maximum absolute atomic E-state index is 8.51. The minimum Gasteiger partial charge on any atom is -0.162 e. The zero-order valence-electron chi connectivity index (χ0n) is 1.76. The Morgan fingerprint density at radius 3 is 1.75 bits per heavy atom. The third-order valence-electron chi connectivity index (χ3n) is 0. The second kappa shape index (κ2) is 8.83. The molecular weight excluding hydrogens is 213 g/mol. The zero-order valence-corrected chi connectivity index (χ0v) is 5.38. The van der Waals surface area contributed by atoms with E-state index < -0.39 is 8.69 Å². The second-order valence-corrected chi connectivity index (χ2v) is 0.274. The third-order valence-corrected chi connectivity index (χ3v) is 0. The standard InChI is InChI=1S/HO2P.Sm/c1-3-2;/h3H;/p+1. The Bertz CT molecular complexity index is 13.5. The molecule has 4 heteroatoms. The van der Waals surface area contributed by atoms with E-state index in [1.807, 2.05) is 0 Å². The van der Waals surface area contributed by atoms with Crippen molar-refractivity contribution >= 4 is 8.69 Å². The van der Waals surface area contributed by atoms with Gasteiger partial charge in [0.15, 0.2) is 0 Å². The van der Waals surface area contributed by atoms with Gasteiger partial charge in [-0.1, -0.05) is 0 Å². The largest absolute Gasteiger partial charge is 0.491 e. The molecule has 0 heterocycles. The molecule has 0 aliphatic heterocycles. The molecule has 0 bridgehead atoms. The van der Waals surface area contributed by atoms with Crippen LogP contribution in [0.2, 0.25) is 0 Å². The summed E-state index contributed by atoms with van der Waals surface area (Å²) < 4.78 is 8.51. The zero-order chi connectivity index (χ0) is 2.71. The Morgan fingerprint density at radius 1 is 1.75 bits per heavy atom. The molecule has 4 heavy (non-hydrogen) atoms. The first-order valence-electron chi connectivity index (χ1n) is 0.428. The Morgan fingerprint density at radius 2 is 1.75 bits per heavy atom. The van der Waals surface area contributed by atoms with Gasteiger partial charge in [0.2, 0.25) is 0 Å². The smallest absolute Gasteiger partial charge is 0.162 e. The quantitative estimate of drug-likeness (QED) is 0.574. The predicted octanol–water partition coefficient (Wildman–Crippen LogP) is -0.0823. The molecule has 24 valence electrons. The van der Waals surface area contributed by atoms with Crippen LogP contribution in [0.25, 0.3) is 0 Å². The Kier molecular flexibility index (Phi) is 20.0. The van der Waals surface area contributed by atoms with Gasteiger partial charge in [-0.2, -0.15) is 4.89 Å². The first-order chi connectivity index (χ1) is 1.41. The van der Waals surface area contributed by atoms with Gasteiger partial charge in [-0.25, -0.2) is 0 Å².